The summed E-state index contributed by atoms with van der Waals surface area (Å²) in [6, 6.07) is 10.8. The number of amides is 2. The van der Waals surface area contributed by atoms with Crippen LogP contribution in [0.1, 0.15) is 38.4 Å². The molecule has 0 aliphatic carbocycles. The lowest BCUT2D eigenvalue weighted by atomic mass is 10.1. The Morgan fingerprint density at radius 2 is 1.71 bits per heavy atom. The molecule has 2 amide bonds. The van der Waals surface area contributed by atoms with Gasteiger partial charge in [-0.25, -0.2) is 4.68 Å². The van der Waals surface area contributed by atoms with Crippen molar-refractivity contribution in [1.29, 1.82) is 0 Å². The molecule has 1 aromatic carbocycles. The van der Waals surface area contributed by atoms with E-state index in [1.165, 1.54) is 6.26 Å². The fourth-order valence-electron chi connectivity index (χ4n) is 3.88. The summed E-state index contributed by atoms with van der Waals surface area (Å²) in [5.41, 5.74) is 1.97. The van der Waals surface area contributed by atoms with Gasteiger partial charge in [-0.3, -0.25) is 9.59 Å². The van der Waals surface area contributed by atoms with Crippen LogP contribution in [0.25, 0.3) is 0 Å². The predicted molar refractivity (Wildman–Crippen MR) is 110 cm³/mol. The van der Waals surface area contributed by atoms with E-state index in [9.17, 15) is 9.59 Å². The number of nitrogens with zero attached hydrogens (tertiary/aromatic N) is 5. The molecule has 2 aliphatic rings. The monoisotopic (exact) mass is 441 g/mol. The Labute approximate surface area is 183 Å². The normalized spacial score (nSPS) is 18.7. The van der Waals surface area contributed by atoms with Gasteiger partial charge in [0.05, 0.1) is 25.1 Å². The highest BCUT2D eigenvalue weighted by atomic mass is 35.5. The number of rotatable bonds is 3. The molecule has 31 heavy (non-hydrogen) atoms. The molecular weight excluding hydrogens is 422 g/mol. The maximum absolute atomic E-state index is 13.0. The summed E-state index contributed by atoms with van der Waals surface area (Å²) in [5.74, 6) is -0.0563. The summed E-state index contributed by atoms with van der Waals surface area (Å²) in [6.07, 6.45) is 1.30. The molecule has 1 saturated heterocycles. The quantitative estimate of drug-likeness (QED) is 0.619. The summed E-state index contributed by atoms with van der Waals surface area (Å²) in [7, 11) is 0. The maximum atomic E-state index is 13.0. The van der Waals surface area contributed by atoms with Gasteiger partial charge in [-0.05, 0) is 29.8 Å². The fraction of sp³-hybridized carbons (Fsp3) is 0.333. The molecule has 10 heteroatoms. The minimum atomic E-state index is -0.195. The number of ether oxygens (including phenoxy) is 1. The van der Waals surface area contributed by atoms with Crippen molar-refractivity contribution in [2.75, 3.05) is 26.2 Å². The first-order valence-electron chi connectivity index (χ1n) is 10.0. The van der Waals surface area contributed by atoms with Crippen LogP contribution in [-0.2, 0) is 17.9 Å². The Morgan fingerprint density at radius 3 is 2.39 bits per heavy atom. The first-order chi connectivity index (χ1) is 15.1. The molecule has 2 aromatic heterocycles. The molecule has 1 fully saturated rings. The van der Waals surface area contributed by atoms with Gasteiger partial charge in [0, 0.05) is 31.2 Å². The fourth-order valence-corrected chi connectivity index (χ4v) is 4.00. The van der Waals surface area contributed by atoms with Crippen molar-refractivity contribution in [3.63, 3.8) is 0 Å². The molecule has 4 heterocycles. The second kappa shape index (κ2) is 8.16. The Kier molecular flexibility index (Phi) is 5.21. The van der Waals surface area contributed by atoms with Gasteiger partial charge in [0.15, 0.2) is 11.5 Å². The second-order valence-corrected chi connectivity index (χ2v) is 7.92. The number of halogens is 1. The zero-order valence-corrected chi connectivity index (χ0v) is 17.4. The third kappa shape index (κ3) is 3.82. The molecule has 0 radical (unpaired) electrons. The number of benzene rings is 1. The van der Waals surface area contributed by atoms with Gasteiger partial charge in [0.1, 0.15) is 6.10 Å². The van der Waals surface area contributed by atoms with Crippen molar-refractivity contribution in [2.24, 2.45) is 0 Å². The standard InChI is InChI=1S/C21H20ClN5O4/c22-15-5-3-14(4-6-15)18-12-27-16(13-31-18)19(23-24-27)21(29)26-9-7-25(8-10-26)20(28)17-2-1-11-30-17/h1-6,11,18H,7-10,12-13H2. The first kappa shape index (κ1) is 19.8. The number of hydrogen-bond acceptors (Lipinski definition) is 6. The average Bonchev–Trinajstić information content (AvgIpc) is 3.49. The smallest absolute Gasteiger partial charge is 0.289 e. The molecule has 0 saturated carbocycles. The molecular formula is C21H20ClN5O4. The second-order valence-electron chi connectivity index (χ2n) is 7.48. The number of fused-ring (bicyclic) bond motifs is 1. The highest BCUT2D eigenvalue weighted by molar-refractivity contribution is 6.30. The molecule has 160 valence electrons. The van der Waals surface area contributed by atoms with Crippen molar-refractivity contribution < 1.29 is 18.7 Å². The predicted octanol–water partition coefficient (Wildman–Crippen LogP) is 2.39. The van der Waals surface area contributed by atoms with Crippen LogP contribution in [0.15, 0.2) is 47.1 Å². The van der Waals surface area contributed by atoms with E-state index >= 15 is 0 Å². The molecule has 5 rings (SSSR count). The zero-order valence-electron chi connectivity index (χ0n) is 16.6. The number of piperazine rings is 1. The number of hydrogen-bond donors (Lipinski definition) is 0. The van der Waals surface area contributed by atoms with E-state index in [1.54, 1.807) is 26.6 Å². The van der Waals surface area contributed by atoms with Crippen LogP contribution in [0.2, 0.25) is 5.02 Å². The molecule has 2 aliphatic heterocycles. The highest BCUT2D eigenvalue weighted by Crippen LogP contribution is 2.28. The van der Waals surface area contributed by atoms with Gasteiger partial charge in [-0.1, -0.05) is 28.9 Å². The third-order valence-corrected chi connectivity index (χ3v) is 5.88. The van der Waals surface area contributed by atoms with Gasteiger partial charge < -0.3 is 19.0 Å². The third-order valence-electron chi connectivity index (χ3n) is 5.63. The molecule has 0 N–H and O–H groups in total. The van der Waals surface area contributed by atoms with Crippen LogP contribution in [0.5, 0.6) is 0 Å². The first-order valence-corrected chi connectivity index (χ1v) is 10.4. The Balaban J connectivity index is 1.24. The Morgan fingerprint density at radius 1 is 1.00 bits per heavy atom. The maximum Gasteiger partial charge on any atom is 0.289 e. The lowest BCUT2D eigenvalue weighted by molar-refractivity contribution is -0.00202. The summed E-state index contributed by atoms with van der Waals surface area (Å²) < 4.78 is 12.9. The molecule has 1 atom stereocenters. The molecule has 0 bridgehead atoms. The highest BCUT2D eigenvalue weighted by Gasteiger charge is 2.32. The van der Waals surface area contributed by atoms with E-state index in [-0.39, 0.29) is 24.5 Å². The van der Waals surface area contributed by atoms with Gasteiger partial charge in [-0.2, -0.15) is 0 Å². The van der Waals surface area contributed by atoms with E-state index < -0.39 is 0 Å². The van der Waals surface area contributed by atoms with Crippen molar-refractivity contribution in [3.8, 4) is 0 Å². The number of furan rings is 1. The van der Waals surface area contributed by atoms with Gasteiger partial charge in [0.2, 0.25) is 0 Å². The van der Waals surface area contributed by atoms with Crippen molar-refractivity contribution in [3.05, 3.63) is 70.4 Å². The number of aromatic nitrogens is 3. The lowest BCUT2D eigenvalue weighted by Gasteiger charge is -2.34. The van der Waals surface area contributed by atoms with E-state index in [1.807, 2.05) is 24.3 Å². The molecule has 9 nitrogen and oxygen atoms in total. The van der Waals surface area contributed by atoms with Gasteiger partial charge in [-0.15, -0.1) is 5.10 Å². The number of carbonyl (C=O) groups is 2. The largest absolute Gasteiger partial charge is 0.459 e. The lowest BCUT2D eigenvalue weighted by Crippen LogP contribution is -2.50. The topological polar surface area (TPSA) is 93.7 Å². The van der Waals surface area contributed by atoms with E-state index in [2.05, 4.69) is 10.3 Å². The van der Waals surface area contributed by atoms with Crippen LogP contribution in [0.4, 0.5) is 0 Å². The van der Waals surface area contributed by atoms with Crippen molar-refractivity contribution in [2.45, 2.75) is 19.3 Å². The Hall–Kier alpha value is -3.17. The van der Waals surface area contributed by atoms with Crippen LogP contribution < -0.4 is 0 Å². The number of carbonyl (C=O) groups excluding carboxylic acids is 2. The minimum absolute atomic E-state index is 0.167. The Bertz CT molecular complexity index is 1090. The van der Waals surface area contributed by atoms with E-state index in [0.717, 1.165) is 5.56 Å². The SMILES string of the molecule is O=C(c1ccco1)N1CCN(C(=O)c2nnn3c2COC(c2ccc(Cl)cc2)C3)CC1. The van der Waals surface area contributed by atoms with Gasteiger partial charge >= 0.3 is 0 Å². The molecule has 0 spiro atoms. The van der Waals surface area contributed by atoms with Crippen molar-refractivity contribution >= 4 is 23.4 Å². The van der Waals surface area contributed by atoms with Crippen LogP contribution in [0.3, 0.4) is 0 Å². The molecule has 3 aromatic rings. The zero-order chi connectivity index (χ0) is 21.4. The summed E-state index contributed by atoms with van der Waals surface area (Å²) >= 11 is 5.96. The summed E-state index contributed by atoms with van der Waals surface area (Å²) in [4.78, 5) is 28.8. The van der Waals surface area contributed by atoms with Crippen LogP contribution in [-0.4, -0.2) is 62.8 Å². The summed E-state index contributed by atoms with van der Waals surface area (Å²) in [5, 5.41) is 8.98. The van der Waals surface area contributed by atoms with E-state index in [4.69, 9.17) is 20.8 Å². The molecule has 1 unspecified atom stereocenters. The van der Waals surface area contributed by atoms with Crippen molar-refractivity contribution in [1.82, 2.24) is 24.8 Å². The minimum Gasteiger partial charge on any atom is -0.459 e. The van der Waals surface area contributed by atoms with Gasteiger partial charge in [0.25, 0.3) is 11.8 Å². The van der Waals surface area contributed by atoms with Crippen LogP contribution in [0, 0.1) is 0 Å². The van der Waals surface area contributed by atoms with E-state index in [0.29, 0.717) is 54.9 Å². The van der Waals surface area contributed by atoms with Crippen LogP contribution >= 0.6 is 11.6 Å². The average molecular weight is 442 g/mol. The summed E-state index contributed by atoms with van der Waals surface area (Å²) in [6.45, 7) is 2.44.